The number of aromatic hydroxyl groups is 1. The highest BCUT2D eigenvalue weighted by molar-refractivity contribution is 5.70. The lowest BCUT2D eigenvalue weighted by atomic mass is 10.1. The van der Waals surface area contributed by atoms with Gasteiger partial charge in [-0.2, -0.15) is 0 Å². The summed E-state index contributed by atoms with van der Waals surface area (Å²) in [5.74, 6) is 3.67. The molecule has 0 bridgehead atoms. The van der Waals surface area contributed by atoms with Crippen molar-refractivity contribution in [1.82, 2.24) is 15.0 Å². The minimum atomic E-state index is 0.0523. The van der Waals surface area contributed by atoms with Crippen molar-refractivity contribution in [3.05, 3.63) is 66.7 Å². The Morgan fingerprint density at radius 2 is 0.925 bits per heavy atom. The van der Waals surface area contributed by atoms with E-state index in [1.54, 1.807) is 12.1 Å². The molecule has 0 amide bonds. The highest BCUT2D eigenvalue weighted by atomic mass is 16.5. The third kappa shape index (κ3) is 7.94. The molecule has 7 nitrogen and oxygen atoms in total. The SMILES string of the molecule is CCCCOc1ccc(-c2nc(-c3ccc(OCCCC)cc3)nc(-c3ccc(OCCCC)cc3O)n2)cc1. The molecule has 0 atom stereocenters. The van der Waals surface area contributed by atoms with Gasteiger partial charge in [0, 0.05) is 17.2 Å². The van der Waals surface area contributed by atoms with Crippen LogP contribution in [-0.2, 0) is 0 Å². The molecule has 210 valence electrons. The van der Waals surface area contributed by atoms with E-state index in [4.69, 9.17) is 29.2 Å². The Balaban J connectivity index is 1.68. The summed E-state index contributed by atoms with van der Waals surface area (Å²) in [6, 6.07) is 20.7. The van der Waals surface area contributed by atoms with E-state index < -0.39 is 0 Å². The van der Waals surface area contributed by atoms with E-state index >= 15 is 0 Å². The zero-order valence-corrected chi connectivity index (χ0v) is 23.7. The van der Waals surface area contributed by atoms with Crippen LogP contribution in [0.25, 0.3) is 34.2 Å². The highest BCUT2D eigenvalue weighted by Gasteiger charge is 2.16. The van der Waals surface area contributed by atoms with Gasteiger partial charge in [-0.25, -0.2) is 15.0 Å². The van der Waals surface area contributed by atoms with Crippen LogP contribution in [-0.4, -0.2) is 39.9 Å². The number of rotatable bonds is 15. The van der Waals surface area contributed by atoms with E-state index in [0.717, 1.165) is 61.2 Å². The van der Waals surface area contributed by atoms with E-state index in [1.807, 2.05) is 54.6 Å². The van der Waals surface area contributed by atoms with Crippen LogP contribution in [0.3, 0.4) is 0 Å². The summed E-state index contributed by atoms with van der Waals surface area (Å²) in [7, 11) is 0. The van der Waals surface area contributed by atoms with E-state index in [1.165, 1.54) is 0 Å². The van der Waals surface area contributed by atoms with E-state index in [9.17, 15) is 5.11 Å². The Bertz CT molecular complexity index is 1270. The van der Waals surface area contributed by atoms with Crippen molar-refractivity contribution < 1.29 is 19.3 Å². The first-order valence-electron chi connectivity index (χ1n) is 14.3. The molecule has 0 spiro atoms. The quantitative estimate of drug-likeness (QED) is 0.152. The molecule has 0 saturated heterocycles. The predicted octanol–water partition coefficient (Wildman–Crippen LogP) is 8.11. The van der Waals surface area contributed by atoms with Gasteiger partial charge in [0.05, 0.1) is 25.4 Å². The molecule has 0 aliphatic carbocycles. The van der Waals surface area contributed by atoms with Crippen molar-refractivity contribution in [2.45, 2.75) is 59.3 Å². The van der Waals surface area contributed by atoms with E-state index in [2.05, 4.69) is 20.8 Å². The van der Waals surface area contributed by atoms with Gasteiger partial charge in [0.2, 0.25) is 0 Å². The van der Waals surface area contributed by atoms with E-state index in [-0.39, 0.29) is 5.75 Å². The number of nitrogens with zero attached hydrogens (tertiary/aromatic N) is 3. The molecule has 0 unspecified atom stereocenters. The minimum Gasteiger partial charge on any atom is -0.507 e. The van der Waals surface area contributed by atoms with Gasteiger partial charge in [-0.3, -0.25) is 0 Å². The van der Waals surface area contributed by atoms with Gasteiger partial charge < -0.3 is 19.3 Å². The molecule has 1 aromatic heterocycles. The van der Waals surface area contributed by atoms with Crippen molar-refractivity contribution >= 4 is 0 Å². The van der Waals surface area contributed by atoms with Crippen molar-refractivity contribution in [1.29, 1.82) is 0 Å². The van der Waals surface area contributed by atoms with Gasteiger partial charge in [0.25, 0.3) is 0 Å². The minimum absolute atomic E-state index is 0.0523. The maximum Gasteiger partial charge on any atom is 0.167 e. The summed E-state index contributed by atoms with van der Waals surface area (Å²) in [4.78, 5) is 14.3. The summed E-state index contributed by atoms with van der Waals surface area (Å²) < 4.78 is 17.4. The van der Waals surface area contributed by atoms with Crippen LogP contribution in [0.2, 0.25) is 0 Å². The summed E-state index contributed by atoms with van der Waals surface area (Å²) in [5.41, 5.74) is 2.16. The molecule has 4 aromatic rings. The smallest absolute Gasteiger partial charge is 0.167 e. The maximum atomic E-state index is 10.9. The summed E-state index contributed by atoms with van der Waals surface area (Å²) in [5, 5.41) is 10.9. The molecule has 0 saturated carbocycles. The van der Waals surface area contributed by atoms with Crippen LogP contribution in [0.4, 0.5) is 0 Å². The van der Waals surface area contributed by atoms with Crippen molar-refractivity contribution in [3.8, 4) is 57.2 Å². The lowest BCUT2D eigenvalue weighted by molar-refractivity contribution is 0.307. The molecule has 0 aliphatic rings. The largest absolute Gasteiger partial charge is 0.507 e. The summed E-state index contributed by atoms with van der Waals surface area (Å²) in [6.45, 7) is 8.36. The third-order valence-electron chi connectivity index (χ3n) is 6.37. The van der Waals surface area contributed by atoms with Crippen molar-refractivity contribution in [3.63, 3.8) is 0 Å². The molecule has 0 aliphatic heterocycles. The van der Waals surface area contributed by atoms with Crippen molar-refractivity contribution in [2.75, 3.05) is 19.8 Å². The monoisotopic (exact) mass is 541 g/mol. The maximum absolute atomic E-state index is 10.9. The first-order chi connectivity index (χ1) is 19.6. The molecular weight excluding hydrogens is 502 g/mol. The van der Waals surface area contributed by atoms with E-state index in [0.29, 0.717) is 48.6 Å². The molecule has 40 heavy (non-hydrogen) atoms. The van der Waals surface area contributed by atoms with Crippen LogP contribution >= 0.6 is 0 Å². The Kier molecular flexibility index (Phi) is 10.7. The fraction of sp³-hybridized carbons (Fsp3) is 0.364. The number of benzene rings is 3. The number of phenolic OH excluding ortho intramolecular Hbond substituents is 1. The first-order valence-corrected chi connectivity index (χ1v) is 14.3. The molecule has 0 fully saturated rings. The van der Waals surface area contributed by atoms with Crippen LogP contribution in [0.1, 0.15) is 59.3 Å². The molecule has 1 N–H and O–H groups in total. The number of hydrogen-bond acceptors (Lipinski definition) is 7. The standard InChI is InChI=1S/C33H39N3O4/c1-4-7-20-38-26-14-10-24(11-15-26)31-34-32(25-12-16-27(17-13-25)39-21-8-5-2)36-33(35-31)29-19-18-28(23-30(29)37)40-22-9-6-3/h10-19,23,37H,4-9,20-22H2,1-3H3. The van der Waals surface area contributed by atoms with Gasteiger partial charge in [0.15, 0.2) is 17.5 Å². The molecule has 4 rings (SSSR count). The van der Waals surface area contributed by atoms with Crippen LogP contribution in [0.15, 0.2) is 66.7 Å². The molecule has 1 heterocycles. The average molecular weight is 542 g/mol. The van der Waals surface area contributed by atoms with Gasteiger partial charge >= 0.3 is 0 Å². The van der Waals surface area contributed by atoms with Crippen LogP contribution in [0, 0.1) is 0 Å². The molecule has 3 aromatic carbocycles. The normalized spacial score (nSPS) is 10.9. The highest BCUT2D eigenvalue weighted by Crippen LogP contribution is 2.33. The number of hydrogen-bond donors (Lipinski definition) is 1. The predicted molar refractivity (Wildman–Crippen MR) is 159 cm³/mol. The van der Waals surface area contributed by atoms with Gasteiger partial charge in [0.1, 0.15) is 23.0 Å². The second-order valence-corrected chi connectivity index (χ2v) is 9.64. The van der Waals surface area contributed by atoms with Gasteiger partial charge in [-0.15, -0.1) is 0 Å². The number of ether oxygens (including phenoxy) is 3. The number of phenols is 1. The molecule has 0 radical (unpaired) electrons. The average Bonchev–Trinajstić information content (AvgIpc) is 2.98. The second-order valence-electron chi connectivity index (χ2n) is 9.64. The summed E-state index contributed by atoms with van der Waals surface area (Å²) in [6.07, 6.45) is 6.18. The van der Waals surface area contributed by atoms with Crippen molar-refractivity contribution in [2.24, 2.45) is 0 Å². The first kappa shape index (κ1) is 28.9. The zero-order valence-electron chi connectivity index (χ0n) is 23.7. The Morgan fingerprint density at radius 3 is 1.35 bits per heavy atom. The van der Waals surface area contributed by atoms with Gasteiger partial charge in [-0.05, 0) is 79.9 Å². The number of unbranched alkanes of at least 4 members (excludes halogenated alkanes) is 3. The lowest BCUT2D eigenvalue weighted by Crippen LogP contribution is -2.01. The Morgan fingerprint density at radius 1 is 0.525 bits per heavy atom. The van der Waals surface area contributed by atoms with Crippen LogP contribution < -0.4 is 14.2 Å². The fourth-order valence-corrected chi connectivity index (χ4v) is 3.95. The molecule has 7 heteroatoms. The van der Waals surface area contributed by atoms with Crippen LogP contribution in [0.5, 0.6) is 23.0 Å². The third-order valence-corrected chi connectivity index (χ3v) is 6.37. The second kappa shape index (κ2) is 14.9. The Hall–Kier alpha value is -4.13. The van der Waals surface area contributed by atoms with Gasteiger partial charge in [-0.1, -0.05) is 40.0 Å². The molecular formula is C33H39N3O4. The lowest BCUT2D eigenvalue weighted by Gasteiger charge is -2.12. The summed E-state index contributed by atoms with van der Waals surface area (Å²) >= 11 is 0. The zero-order chi connectivity index (χ0) is 28.2. The fourth-order valence-electron chi connectivity index (χ4n) is 3.95. The number of aromatic nitrogens is 3. The topological polar surface area (TPSA) is 86.6 Å². The Labute approximate surface area is 237 Å².